The Morgan fingerprint density at radius 1 is 1.29 bits per heavy atom. The van der Waals surface area contributed by atoms with Gasteiger partial charge in [-0.3, -0.25) is 0 Å². The second-order valence-electron chi connectivity index (χ2n) is 4.69. The zero-order valence-electron chi connectivity index (χ0n) is 8.87. The normalized spacial score (nSPS) is 40.3. The molecule has 0 bridgehead atoms. The van der Waals surface area contributed by atoms with Crippen LogP contribution in [0.3, 0.4) is 0 Å². The Morgan fingerprint density at radius 2 is 2.00 bits per heavy atom. The van der Waals surface area contributed by atoms with E-state index in [1.807, 2.05) is 18.7 Å². The average Bonchev–Trinajstić information content (AvgIpc) is 2.48. The Kier molecular flexibility index (Phi) is 3.40. The van der Waals surface area contributed by atoms with Crippen molar-refractivity contribution in [2.75, 3.05) is 13.2 Å². The fourth-order valence-electron chi connectivity index (χ4n) is 2.38. The SMILES string of the molecule is CC1(O)CCCC1SC1CCOCC1. The fourth-order valence-corrected chi connectivity index (χ4v) is 4.02. The van der Waals surface area contributed by atoms with Crippen molar-refractivity contribution in [1.82, 2.24) is 0 Å². The topological polar surface area (TPSA) is 29.5 Å². The summed E-state index contributed by atoms with van der Waals surface area (Å²) in [6, 6.07) is 0. The van der Waals surface area contributed by atoms with Crippen molar-refractivity contribution in [2.45, 2.75) is 55.1 Å². The molecule has 0 amide bonds. The van der Waals surface area contributed by atoms with Gasteiger partial charge in [-0.2, -0.15) is 11.8 Å². The van der Waals surface area contributed by atoms with Crippen LogP contribution in [0.1, 0.15) is 39.0 Å². The molecule has 3 heteroatoms. The predicted molar refractivity (Wildman–Crippen MR) is 59.7 cm³/mol. The highest BCUT2D eigenvalue weighted by Crippen LogP contribution is 2.41. The summed E-state index contributed by atoms with van der Waals surface area (Å²) in [6.07, 6.45) is 5.69. The van der Waals surface area contributed by atoms with E-state index in [1.54, 1.807) is 0 Å². The van der Waals surface area contributed by atoms with Crippen molar-refractivity contribution in [2.24, 2.45) is 0 Å². The van der Waals surface area contributed by atoms with Crippen LogP contribution in [-0.4, -0.2) is 34.4 Å². The predicted octanol–water partition coefficient (Wildman–Crippen LogP) is 2.20. The van der Waals surface area contributed by atoms with E-state index in [4.69, 9.17) is 4.74 Å². The molecule has 1 heterocycles. The van der Waals surface area contributed by atoms with Crippen LogP contribution in [0, 0.1) is 0 Å². The first kappa shape index (κ1) is 10.8. The molecule has 2 unspecified atom stereocenters. The zero-order valence-corrected chi connectivity index (χ0v) is 9.68. The van der Waals surface area contributed by atoms with Gasteiger partial charge >= 0.3 is 0 Å². The second kappa shape index (κ2) is 4.42. The first-order valence-electron chi connectivity index (χ1n) is 5.64. The Hall–Kier alpha value is 0.270. The molecule has 1 saturated carbocycles. The van der Waals surface area contributed by atoms with Gasteiger partial charge < -0.3 is 9.84 Å². The highest BCUT2D eigenvalue weighted by molar-refractivity contribution is 8.00. The third-order valence-electron chi connectivity index (χ3n) is 3.37. The van der Waals surface area contributed by atoms with E-state index >= 15 is 0 Å². The lowest BCUT2D eigenvalue weighted by molar-refractivity contribution is 0.0720. The number of ether oxygens (including phenoxy) is 1. The van der Waals surface area contributed by atoms with Crippen molar-refractivity contribution >= 4 is 11.8 Å². The molecule has 2 rings (SSSR count). The number of rotatable bonds is 2. The molecular formula is C11H20O2S. The summed E-state index contributed by atoms with van der Waals surface area (Å²) in [6.45, 7) is 3.82. The maximum atomic E-state index is 10.1. The number of hydrogen-bond donors (Lipinski definition) is 1. The summed E-state index contributed by atoms with van der Waals surface area (Å²) in [5.74, 6) is 0. The summed E-state index contributed by atoms with van der Waals surface area (Å²) in [5, 5.41) is 11.3. The minimum absolute atomic E-state index is 0.414. The number of hydrogen-bond acceptors (Lipinski definition) is 3. The molecule has 2 nitrogen and oxygen atoms in total. The Bertz CT molecular complexity index is 188. The lowest BCUT2D eigenvalue weighted by Gasteiger charge is -2.30. The maximum absolute atomic E-state index is 10.1. The molecule has 2 fully saturated rings. The quantitative estimate of drug-likeness (QED) is 0.767. The minimum Gasteiger partial charge on any atom is -0.389 e. The average molecular weight is 216 g/mol. The number of aliphatic hydroxyl groups is 1. The van der Waals surface area contributed by atoms with Crippen LogP contribution < -0.4 is 0 Å². The number of thioether (sulfide) groups is 1. The van der Waals surface area contributed by atoms with Crippen molar-refractivity contribution in [3.05, 3.63) is 0 Å². The van der Waals surface area contributed by atoms with Crippen LogP contribution in [-0.2, 0) is 4.74 Å². The molecule has 82 valence electrons. The van der Waals surface area contributed by atoms with Gasteiger partial charge in [-0.05, 0) is 39.0 Å². The van der Waals surface area contributed by atoms with Crippen LogP contribution >= 0.6 is 11.8 Å². The van der Waals surface area contributed by atoms with Crippen LogP contribution in [0.5, 0.6) is 0 Å². The van der Waals surface area contributed by atoms with Crippen molar-refractivity contribution in [1.29, 1.82) is 0 Å². The van der Waals surface area contributed by atoms with Crippen LogP contribution in [0.25, 0.3) is 0 Å². The molecular weight excluding hydrogens is 196 g/mol. The van der Waals surface area contributed by atoms with Gasteiger partial charge in [0, 0.05) is 23.7 Å². The van der Waals surface area contributed by atoms with Crippen molar-refractivity contribution in [3.8, 4) is 0 Å². The van der Waals surface area contributed by atoms with E-state index in [2.05, 4.69) is 0 Å². The van der Waals surface area contributed by atoms with Gasteiger partial charge in [-0.15, -0.1) is 0 Å². The molecule has 1 aliphatic heterocycles. The van der Waals surface area contributed by atoms with Gasteiger partial charge in [0.15, 0.2) is 0 Å². The van der Waals surface area contributed by atoms with Crippen LogP contribution in [0.15, 0.2) is 0 Å². The largest absolute Gasteiger partial charge is 0.389 e. The van der Waals surface area contributed by atoms with E-state index in [1.165, 1.54) is 12.8 Å². The third-order valence-corrected chi connectivity index (χ3v) is 5.30. The molecule has 1 N–H and O–H groups in total. The highest BCUT2D eigenvalue weighted by Gasteiger charge is 2.38. The van der Waals surface area contributed by atoms with Gasteiger partial charge in [-0.25, -0.2) is 0 Å². The first-order chi connectivity index (χ1) is 6.68. The summed E-state index contributed by atoms with van der Waals surface area (Å²) in [7, 11) is 0. The van der Waals surface area contributed by atoms with Gasteiger partial charge in [-0.1, -0.05) is 0 Å². The molecule has 0 spiro atoms. The lowest BCUT2D eigenvalue weighted by atomic mass is 10.1. The maximum Gasteiger partial charge on any atom is 0.0737 e. The van der Waals surface area contributed by atoms with Crippen molar-refractivity contribution < 1.29 is 9.84 Å². The molecule has 2 aliphatic rings. The standard InChI is InChI=1S/C11H20O2S/c1-11(12)6-2-3-10(11)14-9-4-7-13-8-5-9/h9-10,12H,2-8H2,1H3. The Morgan fingerprint density at radius 3 is 2.57 bits per heavy atom. The minimum atomic E-state index is -0.414. The molecule has 0 aromatic rings. The van der Waals surface area contributed by atoms with E-state index in [9.17, 15) is 5.11 Å². The monoisotopic (exact) mass is 216 g/mol. The van der Waals surface area contributed by atoms with E-state index in [0.717, 1.165) is 37.7 Å². The molecule has 1 saturated heterocycles. The fraction of sp³-hybridized carbons (Fsp3) is 1.00. The zero-order chi connectivity index (χ0) is 10.0. The molecule has 2 atom stereocenters. The summed E-state index contributed by atoms with van der Waals surface area (Å²) < 4.78 is 5.34. The van der Waals surface area contributed by atoms with E-state index < -0.39 is 5.60 Å². The lowest BCUT2D eigenvalue weighted by Crippen LogP contribution is -2.33. The van der Waals surface area contributed by atoms with E-state index in [-0.39, 0.29) is 0 Å². The summed E-state index contributed by atoms with van der Waals surface area (Å²) >= 11 is 2.01. The van der Waals surface area contributed by atoms with Gasteiger partial charge in [0.2, 0.25) is 0 Å². The second-order valence-corrected chi connectivity index (χ2v) is 6.19. The molecule has 14 heavy (non-hydrogen) atoms. The summed E-state index contributed by atoms with van der Waals surface area (Å²) in [5.41, 5.74) is -0.414. The Balaban J connectivity index is 1.83. The summed E-state index contributed by atoms with van der Waals surface area (Å²) in [4.78, 5) is 0. The molecule has 0 aromatic carbocycles. The van der Waals surface area contributed by atoms with Crippen LogP contribution in [0.4, 0.5) is 0 Å². The third kappa shape index (κ3) is 2.44. The van der Waals surface area contributed by atoms with Gasteiger partial charge in [0.05, 0.1) is 5.60 Å². The van der Waals surface area contributed by atoms with Gasteiger partial charge in [0.1, 0.15) is 0 Å². The molecule has 0 radical (unpaired) electrons. The molecule has 1 aliphatic carbocycles. The highest BCUT2D eigenvalue weighted by atomic mass is 32.2. The Labute approximate surface area is 90.4 Å². The smallest absolute Gasteiger partial charge is 0.0737 e. The van der Waals surface area contributed by atoms with Crippen molar-refractivity contribution in [3.63, 3.8) is 0 Å². The van der Waals surface area contributed by atoms with Crippen LogP contribution in [0.2, 0.25) is 0 Å². The van der Waals surface area contributed by atoms with Gasteiger partial charge in [0.25, 0.3) is 0 Å². The first-order valence-corrected chi connectivity index (χ1v) is 6.58. The molecule has 0 aromatic heterocycles. The van der Waals surface area contributed by atoms with E-state index in [0.29, 0.717) is 5.25 Å².